The van der Waals surface area contributed by atoms with E-state index >= 15 is 0 Å². The third-order valence-corrected chi connectivity index (χ3v) is 4.51. The number of primary amides is 1. The number of benzene rings is 2. The summed E-state index contributed by atoms with van der Waals surface area (Å²) in [5, 5.41) is 0.600. The van der Waals surface area contributed by atoms with E-state index in [1.807, 2.05) is 19.1 Å². The summed E-state index contributed by atoms with van der Waals surface area (Å²) in [4.78, 5) is 15.8. The van der Waals surface area contributed by atoms with Crippen molar-refractivity contribution in [3.8, 4) is 17.0 Å². The molecule has 1 aromatic heterocycles. The Morgan fingerprint density at radius 1 is 1.24 bits per heavy atom. The molecule has 0 bridgehead atoms. The molecule has 1 heterocycles. The van der Waals surface area contributed by atoms with Crippen molar-refractivity contribution in [1.29, 1.82) is 0 Å². The second-order valence-electron chi connectivity index (χ2n) is 6.44. The molecule has 0 aliphatic heterocycles. The second kappa shape index (κ2) is 8.61. The Balaban J connectivity index is 1.93. The molecule has 0 aliphatic carbocycles. The van der Waals surface area contributed by atoms with Gasteiger partial charge >= 0.3 is 0 Å². The molecule has 0 radical (unpaired) electrons. The molecule has 5 nitrogen and oxygen atoms in total. The predicted molar refractivity (Wildman–Crippen MR) is 105 cm³/mol. The van der Waals surface area contributed by atoms with Gasteiger partial charge in [0.1, 0.15) is 22.8 Å². The average molecular weight is 421 g/mol. The van der Waals surface area contributed by atoms with Gasteiger partial charge < -0.3 is 14.9 Å². The van der Waals surface area contributed by atoms with Crippen LogP contribution in [0.5, 0.6) is 5.75 Å². The summed E-state index contributed by atoms with van der Waals surface area (Å²) >= 11 is 5.95. The van der Waals surface area contributed by atoms with Gasteiger partial charge in [-0.15, -0.1) is 0 Å². The van der Waals surface area contributed by atoms with E-state index in [-0.39, 0.29) is 11.6 Å². The molecular weight excluding hydrogens is 402 g/mol. The monoisotopic (exact) mass is 420 g/mol. The van der Waals surface area contributed by atoms with Crippen LogP contribution >= 0.6 is 11.6 Å². The fraction of sp³-hybridized carbons (Fsp3) is 0.238. The lowest BCUT2D eigenvalue weighted by atomic mass is 10.1. The van der Waals surface area contributed by atoms with Crippen LogP contribution in [0.4, 0.5) is 8.78 Å². The number of carbonyl (C=O) groups is 1. The molecule has 3 aromatic rings. The smallest absolute Gasteiger partial charge is 0.254 e. The summed E-state index contributed by atoms with van der Waals surface area (Å²) in [5.74, 6) is -2.87. The van der Waals surface area contributed by atoms with Crippen LogP contribution < -0.4 is 10.5 Å². The second-order valence-corrected chi connectivity index (χ2v) is 6.88. The maximum absolute atomic E-state index is 14.4. The van der Waals surface area contributed by atoms with Gasteiger partial charge in [0.05, 0.1) is 0 Å². The lowest BCUT2D eigenvalue weighted by Gasteiger charge is -2.13. The van der Waals surface area contributed by atoms with Crippen molar-refractivity contribution in [2.45, 2.75) is 32.8 Å². The first-order valence-corrected chi connectivity index (χ1v) is 9.39. The molecule has 0 aliphatic rings. The van der Waals surface area contributed by atoms with E-state index in [9.17, 15) is 13.6 Å². The predicted octanol–water partition coefficient (Wildman–Crippen LogP) is 5.46. The first-order chi connectivity index (χ1) is 13.8. The number of aryl methyl sites for hydroxylation is 1. The summed E-state index contributed by atoms with van der Waals surface area (Å²) in [6.07, 6.45) is 0.681. The van der Waals surface area contributed by atoms with Crippen molar-refractivity contribution in [2.75, 3.05) is 0 Å². The van der Waals surface area contributed by atoms with Crippen molar-refractivity contribution < 1.29 is 22.7 Å². The minimum Gasteiger partial charge on any atom is -0.478 e. The molecule has 152 valence electrons. The number of hydrogen-bond acceptors (Lipinski definition) is 4. The summed E-state index contributed by atoms with van der Waals surface area (Å²) in [7, 11) is 0. The highest BCUT2D eigenvalue weighted by atomic mass is 35.5. The van der Waals surface area contributed by atoms with Crippen LogP contribution in [-0.4, -0.2) is 10.9 Å². The van der Waals surface area contributed by atoms with Crippen molar-refractivity contribution >= 4 is 17.5 Å². The van der Waals surface area contributed by atoms with Crippen LogP contribution in [0.25, 0.3) is 11.3 Å². The Morgan fingerprint density at radius 2 is 1.93 bits per heavy atom. The van der Waals surface area contributed by atoms with Gasteiger partial charge in [0, 0.05) is 17.0 Å². The topological polar surface area (TPSA) is 78.4 Å². The van der Waals surface area contributed by atoms with E-state index < -0.39 is 29.2 Å². The van der Waals surface area contributed by atoms with E-state index in [1.54, 1.807) is 19.1 Å². The van der Waals surface area contributed by atoms with Gasteiger partial charge in [-0.25, -0.2) is 13.8 Å². The summed E-state index contributed by atoms with van der Waals surface area (Å²) in [6.45, 7) is 3.62. The van der Waals surface area contributed by atoms with Crippen molar-refractivity contribution in [1.82, 2.24) is 4.98 Å². The minimum absolute atomic E-state index is 0.225. The van der Waals surface area contributed by atoms with E-state index in [4.69, 9.17) is 26.5 Å². The molecule has 1 unspecified atom stereocenters. The third kappa shape index (κ3) is 4.40. The average Bonchev–Trinajstić information content (AvgIpc) is 3.09. The number of nitrogens with zero attached hydrogens (tertiary/aromatic N) is 1. The van der Waals surface area contributed by atoms with Crippen LogP contribution in [0.2, 0.25) is 5.02 Å². The summed E-state index contributed by atoms with van der Waals surface area (Å²) < 4.78 is 39.5. The number of ether oxygens (including phenoxy) is 1. The molecule has 8 heteroatoms. The third-order valence-electron chi connectivity index (χ3n) is 4.26. The van der Waals surface area contributed by atoms with Crippen LogP contribution in [0.15, 0.2) is 40.8 Å². The largest absolute Gasteiger partial charge is 0.478 e. The van der Waals surface area contributed by atoms with Crippen molar-refractivity contribution in [3.05, 3.63) is 70.3 Å². The molecule has 2 aromatic carbocycles. The number of carbonyl (C=O) groups excluding carboxylic acids is 1. The number of hydrogen-bond donors (Lipinski definition) is 1. The highest BCUT2D eigenvalue weighted by Gasteiger charge is 2.24. The zero-order valence-electron chi connectivity index (χ0n) is 15.8. The fourth-order valence-corrected chi connectivity index (χ4v) is 2.99. The Morgan fingerprint density at radius 3 is 2.55 bits per heavy atom. The normalized spacial score (nSPS) is 12.0. The van der Waals surface area contributed by atoms with E-state index in [0.717, 1.165) is 24.1 Å². The number of amides is 1. The first-order valence-electron chi connectivity index (χ1n) is 9.01. The fourth-order valence-electron chi connectivity index (χ4n) is 2.86. The number of oxazole rings is 1. The lowest BCUT2D eigenvalue weighted by molar-refractivity contribution is 0.0989. The van der Waals surface area contributed by atoms with Crippen molar-refractivity contribution in [2.24, 2.45) is 5.73 Å². The van der Waals surface area contributed by atoms with E-state index in [1.165, 1.54) is 0 Å². The zero-order valence-corrected chi connectivity index (χ0v) is 16.6. The molecule has 1 atom stereocenters. The number of rotatable bonds is 7. The van der Waals surface area contributed by atoms with Crippen LogP contribution in [0.1, 0.15) is 48.4 Å². The van der Waals surface area contributed by atoms with Gasteiger partial charge in [-0.2, -0.15) is 0 Å². The molecule has 0 saturated heterocycles. The Bertz CT molecular complexity index is 1040. The number of nitrogens with two attached hydrogens (primary N) is 1. The highest BCUT2D eigenvalue weighted by molar-refractivity contribution is 6.30. The number of halogens is 3. The van der Waals surface area contributed by atoms with Gasteiger partial charge in [0.15, 0.2) is 17.7 Å². The molecule has 0 saturated carbocycles. The molecule has 1 amide bonds. The minimum atomic E-state index is -1.22. The SMILES string of the molecule is CCCc1oc(C(C)Oc2ccc(F)c(C(N)=O)c2F)nc1-c1ccc(Cl)cc1. The Kier molecular flexibility index (Phi) is 6.17. The lowest BCUT2D eigenvalue weighted by Crippen LogP contribution is -2.16. The van der Waals surface area contributed by atoms with Gasteiger partial charge in [-0.05, 0) is 37.6 Å². The quantitative estimate of drug-likeness (QED) is 0.550. The van der Waals surface area contributed by atoms with E-state index in [2.05, 4.69) is 4.98 Å². The molecule has 0 spiro atoms. The molecule has 29 heavy (non-hydrogen) atoms. The van der Waals surface area contributed by atoms with Gasteiger partial charge in [-0.1, -0.05) is 30.7 Å². The van der Waals surface area contributed by atoms with Crippen LogP contribution in [0.3, 0.4) is 0 Å². The molecular formula is C21H19ClF2N2O3. The summed E-state index contributed by atoms with van der Waals surface area (Å²) in [6, 6.07) is 9.16. The van der Waals surface area contributed by atoms with Gasteiger partial charge in [0.2, 0.25) is 5.89 Å². The zero-order chi connectivity index (χ0) is 21.1. The highest BCUT2D eigenvalue weighted by Crippen LogP contribution is 2.32. The Hall–Kier alpha value is -2.93. The number of aromatic nitrogens is 1. The standard InChI is InChI=1S/C21H19ClF2N2O3/c1-3-4-16-19(12-5-7-13(22)8-6-12)26-21(29-16)11(2)28-15-10-9-14(23)17(18(15)24)20(25)27/h5-11H,3-4H2,1-2H3,(H2,25,27). The maximum atomic E-state index is 14.4. The Labute approximate surface area is 171 Å². The van der Waals surface area contributed by atoms with Crippen LogP contribution in [0, 0.1) is 11.6 Å². The molecule has 2 N–H and O–H groups in total. The van der Waals surface area contributed by atoms with Crippen LogP contribution in [-0.2, 0) is 6.42 Å². The van der Waals surface area contributed by atoms with E-state index in [0.29, 0.717) is 22.9 Å². The van der Waals surface area contributed by atoms with Gasteiger partial charge in [-0.3, -0.25) is 4.79 Å². The molecule has 3 rings (SSSR count). The summed E-state index contributed by atoms with van der Waals surface area (Å²) in [5.41, 5.74) is 5.66. The first kappa shape index (κ1) is 20.8. The van der Waals surface area contributed by atoms with Gasteiger partial charge in [0.25, 0.3) is 5.91 Å². The maximum Gasteiger partial charge on any atom is 0.254 e. The van der Waals surface area contributed by atoms with Crippen molar-refractivity contribution in [3.63, 3.8) is 0 Å². The molecule has 0 fully saturated rings.